The number of rotatable bonds is 4. The lowest BCUT2D eigenvalue weighted by Crippen LogP contribution is -1.93. The fourth-order valence-electron chi connectivity index (χ4n) is 1.24. The summed E-state index contributed by atoms with van der Waals surface area (Å²) in [7, 11) is 0. The predicted molar refractivity (Wildman–Crippen MR) is 55.0 cm³/mol. The highest BCUT2D eigenvalue weighted by atomic mass is 16.1. The van der Waals surface area contributed by atoms with Crippen molar-refractivity contribution in [2.45, 2.75) is 19.8 Å². The first-order valence-electron chi connectivity index (χ1n) is 4.53. The van der Waals surface area contributed by atoms with Crippen LogP contribution in [0.3, 0.4) is 0 Å². The lowest BCUT2D eigenvalue weighted by molar-refractivity contribution is 0.104. The van der Waals surface area contributed by atoms with Crippen LogP contribution < -0.4 is 0 Å². The molecule has 0 spiro atoms. The summed E-state index contributed by atoms with van der Waals surface area (Å²) in [6, 6.07) is 7.71. The summed E-state index contributed by atoms with van der Waals surface area (Å²) < 4.78 is 0. The van der Waals surface area contributed by atoms with Crippen LogP contribution in [-0.2, 0) is 6.42 Å². The molecule has 68 valence electrons. The third-order valence-corrected chi connectivity index (χ3v) is 1.96. The van der Waals surface area contributed by atoms with Crippen molar-refractivity contribution in [1.82, 2.24) is 0 Å². The van der Waals surface area contributed by atoms with Crippen molar-refractivity contribution >= 4 is 5.78 Å². The molecule has 0 atom stereocenters. The standard InChI is InChI=1S/C12H14O/c1-3-5-10-6-8-11(9-7-10)12(13)4-2/h4,6-9H,2-3,5H2,1H3. The summed E-state index contributed by atoms with van der Waals surface area (Å²) in [6.07, 6.45) is 3.55. The van der Waals surface area contributed by atoms with E-state index in [-0.39, 0.29) is 5.78 Å². The second-order valence-corrected chi connectivity index (χ2v) is 3.02. The van der Waals surface area contributed by atoms with Gasteiger partial charge in [0.15, 0.2) is 5.78 Å². The maximum atomic E-state index is 11.2. The van der Waals surface area contributed by atoms with E-state index in [4.69, 9.17) is 0 Å². The molecule has 1 aromatic rings. The average Bonchev–Trinajstić information content (AvgIpc) is 2.18. The summed E-state index contributed by atoms with van der Waals surface area (Å²) in [6.45, 7) is 5.59. The van der Waals surface area contributed by atoms with Gasteiger partial charge in [0.1, 0.15) is 0 Å². The summed E-state index contributed by atoms with van der Waals surface area (Å²) in [5.74, 6) is -0.0111. The third-order valence-electron chi connectivity index (χ3n) is 1.96. The number of hydrogen-bond acceptors (Lipinski definition) is 1. The van der Waals surface area contributed by atoms with Crippen LogP contribution in [-0.4, -0.2) is 5.78 Å². The van der Waals surface area contributed by atoms with Gasteiger partial charge in [0.2, 0.25) is 0 Å². The van der Waals surface area contributed by atoms with Gasteiger partial charge in [-0.3, -0.25) is 4.79 Å². The minimum absolute atomic E-state index is 0.0111. The molecule has 0 aliphatic carbocycles. The molecule has 0 bridgehead atoms. The zero-order valence-electron chi connectivity index (χ0n) is 7.92. The first-order valence-corrected chi connectivity index (χ1v) is 4.53. The maximum Gasteiger partial charge on any atom is 0.185 e. The molecule has 1 rings (SSSR count). The number of hydrogen-bond donors (Lipinski definition) is 0. The van der Waals surface area contributed by atoms with Gasteiger partial charge in [0.05, 0.1) is 0 Å². The van der Waals surface area contributed by atoms with Crippen molar-refractivity contribution in [3.8, 4) is 0 Å². The van der Waals surface area contributed by atoms with E-state index >= 15 is 0 Å². The van der Waals surface area contributed by atoms with Crippen LogP contribution in [0.5, 0.6) is 0 Å². The molecule has 13 heavy (non-hydrogen) atoms. The summed E-state index contributed by atoms with van der Waals surface area (Å²) in [5.41, 5.74) is 2.00. The van der Waals surface area contributed by atoms with Crippen LogP contribution in [0.15, 0.2) is 36.9 Å². The molecule has 0 saturated carbocycles. The van der Waals surface area contributed by atoms with E-state index in [2.05, 4.69) is 13.5 Å². The van der Waals surface area contributed by atoms with Gasteiger partial charge < -0.3 is 0 Å². The predicted octanol–water partition coefficient (Wildman–Crippen LogP) is 3.01. The third kappa shape index (κ3) is 2.55. The number of carbonyl (C=O) groups is 1. The number of ketones is 1. The molecule has 0 amide bonds. The Kier molecular flexibility index (Phi) is 3.44. The lowest BCUT2D eigenvalue weighted by atomic mass is 10.1. The molecule has 1 nitrogen and oxygen atoms in total. The van der Waals surface area contributed by atoms with Crippen LogP contribution in [0.4, 0.5) is 0 Å². The summed E-state index contributed by atoms with van der Waals surface area (Å²) in [5, 5.41) is 0. The Balaban J connectivity index is 2.80. The number of aryl methyl sites for hydroxylation is 1. The molecule has 0 unspecified atom stereocenters. The first kappa shape index (κ1) is 9.72. The highest BCUT2D eigenvalue weighted by Crippen LogP contribution is 2.07. The topological polar surface area (TPSA) is 17.1 Å². The zero-order valence-corrected chi connectivity index (χ0v) is 7.92. The van der Waals surface area contributed by atoms with Gasteiger partial charge in [-0.15, -0.1) is 0 Å². The van der Waals surface area contributed by atoms with Gasteiger partial charge in [-0.1, -0.05) is 44.2 Å². The second kappa shape index (κ2) is 4.61. The van der Waals surface area contributed by atoms with Gasteiger partial charge in [-0.05, 0) is 18.1 Å². The van der Waals surface area contributed by atoms with Gasteiger partial charge in [0.25, 0.3) is 0 Å². The van der Waals surface area contributed by atoms with E-state index in [1.165, 1.54) is 11.6 Å². The van der Waals surface area contributed by atoms with Crippen molar-refractivity contribution < 1.29 is 4.79 Å². The largest absolute Gasteiger partial charge is 0.289 e. The van der Waals surface area contributed by atoms with Crippen molar-refractivity contribution in [1.29, 1.82) is 0 Å². The van der Waals surface area contributed by atoms with Crippen LogP contribution in [0, 0.1) is 0 Å². The van der Waals surface area contributed by atoms with Gasteiger partial charge in [0, 0.05) is 5.56 Å². The molecule has 0 aromatic heterocycles. The molecular formula is C12H14O. The molecule has 0 heterocycles. The van der Waals surface area contributed by atoms with Gasteiger partial charge >= 0.3 is 0 Å². The monoisotopic (exact) mass is 174 g/mol. The Bertz CT molecular complexity index is 295. The van der Waals surface area contributed by atoms with Gasteiger partial charge in [-0.2, -0.15) is 0 Å². The Morgan fingerprint density at radius 1 is 1.38 bits per heavy atom. The van der Waals surface area contributed by atoms with E-state index in [9.17, 15) is 4.79 Å². The molecule has 1 heteroatoms. The fraction of sp³-hybridized carbons (Fsp3) is 0.250. The quantitative estimate of drug-likeness (QED) is 0.506. The normalized spacial score (nSPS) is 9.62. The summed E-state index contributed by atoms with van der Waals surface area (Å²) >= 11 is 0. The number of allylic oxidation sites excluding steroid dienone is 1. The molecule has 0 radical (unpaired) electrons. The molecule has 0 fully saturated rings. The fourth-order valence-corrected chi connectivity index (χ4v) is 1.24. The van der Waals surface area contributed by atoms with Crippen molar-refractivity contribution in [2.24, 2.45) is 0 Å². The van der Waals surface area contributed by atoms with Crippen LogP contribution in [0.25, 0.3) is 0 Å². The van der Waals surface area contributed by atoms with Crippen LogP contribution >= 0.6 is 0 Å². The van der Waals surface area contributed by atoms with E-state index in [1.807, 2.05) is 24.3 Å². The lowest BCUT2D eigenvalue weighted by Gasteiger charge is -1.99. The second-order valence-electron chi connectivity index (χ2n) is 3.02. The smallest absolute Gasteiger partial charge is 0.185 e. The molecule has 0 N–H and O–H groups in total. The molecule has 0 aliphatic rings. The van der Waals surface area contributed by atoms with Crippen LogP contribution in [0.1, 0.15) is 29.3 Å². The highest BCUT2D eigenvalue weighted by molar-refractivity contribution is 6.04. The van der Waals surface area contributed by atoms with E-state index in [0.29, 0.717) is 0 Å². The molecule has 1 aromatic carbocycles. The first-order chi connectivity index (χ1) is 6.27. The Morgan fingerprint density at radius 3 is 2.46 bits per heavy atom. The minimum Gasteiger partial charge on any atom is -0.289 e. The Hall–Kier alpha value is -1.37. The molecule has 0 aliphatic heterocycles. The van der Waals surface area contributed by atoms with E-state index in [0.717, 1.165) is 18.4 Å². The average molecular weight is 174 g/mol. The van der Waals surface area contributed by atoms with Crippen molar-refractivity contribution in [2.75, 3.05) is 0 Å². The minimum atomic E-state index is -0.0111. The highest BCUT2D eigenvalue weighted by Gasteiger charge is 1.99. The molecular weight excluding hydrogens is 160 g/mol. The van der Waals surface area contributed by atoms with Crippen LogP contribution in [0.2, 0.25) is 0 Å². The Morgan fingerprint density at radius 2 is 2.00 bits per heavy atom. The van der Waals surface area contributed by atoms with Crippen molar-refractivity contribution in [3.05, 3.63) is 48.0 Å². The Labute approximate surface area is 79.1 Å². The maximum absolute atomic E-state index is 11.2. The summed E-state index contributed by atoms with van der Waals surface area (Å²) in [4.78, 5) is 11.2. The van der Waals surface area contributed by atoms with Crippen molar-refractivity contribution in [3.63, 3.8) is 0 Å². The SMILES string of the molecule is C=CC(=O)c1ccc(CCC)cc1. The van der Waals surface area contributed by atoms with E-state index in [1.54, 1.807) is 0 Å². The number of carbonyl (C=O) groups excluding carboxylic acids is 1. The van der Waals surface area contributed by atoms with Gasteiger partial charge in [-0.25, -0.2) is 0 Å². The molecule has 0 saturated heterocycles. The number of benzene rings is 1. The van der Waals surface area contributed by atoms with E-state index < -0.39 is 0 Å². The zero-order chi connectivity index (χ0) is 9.68.